The van der Waals surface area contributed by atoms with Crippen LogP contribution < -0.4 is 5.32 Å². The first kappa shape index (κ1) is 22.4. The molecule has 0 saturated carbocycles. The molecule has 2 rings (SSSR count). The lowest BCUT2D eigenvalue weighted by atomic mass is 9.97. The zero-order valence-corrected chi connectivity index (χ0v) is 17.7. The lowest BCUT2D eigenvalue weighted by Crippen LogP contribution is -2.43. The van der Waals surface area contributed by atoms with E-state index in [1.807, 2.05) is 19.9 Å². The summed E-state index contributed by atoms with van der Waals surface area (Å²) in [5.74, 6) is -0.461. The van der Waals surface area contributed by atoms with E-state index < -0.39 is 10.0 Å². The summed E-state index contributed by atoms with van der Waals surface area (Å²) in [4.78, 5) is 23.6. The Bertz CT molecular complexity index is 799. The van der Waals surface area contributed by atoms with Gasteiger partial charge in [-0.1, -0.05) is 6.07 Å². The molecule has 1 aromatic rings. The number of amides is 1. The van der Waals surface area contributed by atoms with Crippen LogP contribution in [0.3, 0.4) is 0 Å². The van der Waals surface area contributed by atoms with Crippen LogP contribution in [-0.4, -0.2) is 51.3 Å². The minimum atomic E-state index is -3.53. The molecule has 1 amide bonds. The van der Waals surface area contributed by atoms with E-state index in [4.69, 9.17) is 0 Å². The number of hydrogen-bond acceptors (Lipinski definition) is 5. The third-order valence-corrected chi connectivity index (χ3v) is 7.17. The Labute approximate surface area is 167 Å². The van der Waals surface area contributed by atoms with Gasteiger partial charge in [-0.25, -0.2) is 8.42 Å². The molecule has 1 N–H and O–H groups in total. The van der Waals surface area contributed by atoms with Crippen LogP contribution in [0.2, 0.25) is 0 Å². The number of rotatable bonds is 8. The summed E-state index contributed by atoms with van der Waals surface area (Å²) in [6.45, 7) is 5.05. The average molecular weight is 411 g/mol. The Kier molecular flexibility index (Phi) is 8.00. The number of benzene rings is 1. The fourth-order valence-corrected chi connectivity index (χ4v) is 4.79. The third kappa shape index (κ3) is 5.78. The molecule has 0 spiro atoms. The topological polar surface area (TPSA) is 92.8 Å². The Morgan fingerprint density at radius 3 is 2.43 bits per heavy atom. The first-order valence-corrected chi connectivity index (χ1v) is 11.1. The van der Waals surface area contributed by atoms with Crippen molar-refractivity contribution in [1.82, 2.24) is 9.62 Å². The summed E-state index contributed by atoms with van der Waals surface area (Å²) in [7, 11) is -2.17. The standard InChI is InChI=1S/C20H30N2O5S/c1-15-7-8-18(14-16(15)2)28(25,26)22-12-9-17(10-13-22)20(24)21-11-5-4-6-19(23)27-3/h7-8,14,17H,4-6,9-13H2,1-3H3,(H,21,24). The molecule has 0 radical (unpaired) electrons. The van der Waals surface area contributed by atoms with E-state index in [1.54, 1.807) is 12.1 Å². The third-order valence-electron chi connectivity index (χ3n) is 5.28. The molecule has 1 saturated heterocycles. The highest BCUT2D eigenvalue weighted by atomic mass is 32.2. The second-order valence-corrected chi connectivity index (χ2v) is 9.19. The highest BCUT2D eigenvalue weighted by molar-refractivity contribution is 7.89. The monoisotopic (exact) mass is 410 g/mol. The SMILES string of the molecule is COC(=O)CCCCNC(=O)C1CCN(S(=O)(=O)c2ccc(C)c(C)c2)CC1. The predicted molar refractivity (Wildman–Crippen MR) is 106 cm³/mol. The number of ether oxygens (including phenoxy) is 1. The fourth-order valence-electron chi connectivity index (χ4n) is 3.23. The predicted octanol–water partition coefficient (Wildman–Crippen LogP) is 2.16. The largest absolute Gasteiger partial charge is 0.469 e. The van der Waals surface area contributed by atoms with Gasteiger partial charge < -0.3 is 10.1 Å². The summed E-state index contributed by atoms with van der Waals surface area (Å²) < 4.78 is 31.7. The number of carbonyl (C=O) groups excluding carboxylic acids is 2. The molecule has 8 heteroatoms. The number of carbonyl (C=O) groups is 2. The molecule has 1 heterocycles. The van der Waals surface area contributed by atoms with Crippen molar-refractivity contribution in [3.8, 4) is 0 Å². The molecular weight excluding hydrogens is 380 g/mol. The molecule has 0 bridgehead atoms. The van der Waals surface area contributed by atoms with Gasteiger partial charge in [0.05, 0.1) is 12.0 Å². The number of nitrogens with one attached hydrogen (secondary N) is 1. The fraction of sp³-hybridized carbons (Fsp3) is 0.600. The van der Waals surface area contributed by atoms with E-state index in [2.05, 4.69) is 10.1 Å². The number of nitrogens with zero attached hydrogens (tertiary/aromatic N) is 1. The van der Waals surface area contributed by atoms with Gasteiger partial charge in [0.15, 0.2) is 0 Å². The van der Waals surface area contributed by atoms with Crippen molar-refractivity contribution < 1.29 is 22.7 Å². The lowest BCUT2D eigenvalue weighted by Gasteiger charge is -2.30. The van der Waals surface area contributed by atoms with Crippen molar-refractivity contribution in [2.24, 2.45) is 5.92 Å². The molecule has 7 nitrogen and oxygen atoms in total. The number of methoxy groups -OCH3 is 1. The number of sulfonamides is 1. The maximum atomic E-state index is 12.8. The minimum absolute atomic E-state index is 0.0405. The molecule has 1 aromatic carbocycles. The normalized spacial score (nSPS) is 16.0. The van der Waals surface area contributed by atoms with Crippen LogP contribution in [0.25, 0.3) is 0 Å². The first-order chi connectivity index (χ1) is 13.3. The van der Waals surface area contributed by atoms with Crippen LogP contribution in [0.1, 0.15) is 43.2 Å². The van der Waals surface area contributed by atoms with Crippen molar-refractivity contribution in [2.45, 2.75) is 50.8 Å². The highest BCUT2D eigenvalue weighted by Gasteiger charge is 2.32. The second kappa shape index (κ2) is 10.0. The molecule has 1 aliphatic rings. The van der Waals surface area contributed by atoms with E-state index in [0.717, 1.165) is 11.1 Å². The van der Waals surface area contributed by atoms with Gasteiger partial charge in [0.25, 0.3) is 0 Å². The number of esters is 1. The maximum Gasteiger partial charge on any atom is 0.305 e. The number of unbranched alkanes of at least 4 members (excludes halogenated alkanes) is 1. The van der Waals surface area contributed by atoms with Crippen LogP contribution in [0, 0.1) is 19.8 Å². The molecule has 28 heavy (non-hydrogen) atoms. The van der Waals surface area contributed by atoms with E-state index >= 15 is 0 Å². The zero-order valence-electron chi connectivity index (χ0n) is 16.9. The van der Waals surface area contributed by atoms with Gasteiger partial charge in [-0.05, 0) is 62.8 Å². The van der Waals surface area contributed by atoms with Gasteiger partial charge in [0, 0.05) is 32.0 Å². The first-order valence-electron chi connectivity index (χ1n) is 9.67. The van der Waals surface area contributed by atoms with Gasteiger partial charge in [-0.15, -0.1) is 0 Å². The summed E-state index contributed by atoms with van der Waals surface area (Å²) in [6, 6.07) is 5.17. The molecule has 0 atom stereocenters. The van der Waals surface area contributed by atoms with E-state index in [9.17, 15) is 18.0 Å². The van der Waals surface area contributed by atoms with Crippen molar-refractivity contribution >= 4 is 21.9 Å². The molecule has 1 aliphatic heterocycles. The van der Waals surface area contributed by atoms with E-state index in [-0.39, 0.29) is 17.8 Å². The summed E-state index contributed by atoms with van der Waals surface area (Å²) in [5.41, 5.74) is 2.00. The van der Waals surface area contributed by atoms with Gasteiger partial charge >= 0.3 is 5.97 Å². The van der Waals surface area contributed by atoms with Gasteiger partial charge in [-0.3, -0.25) is 9.59 Å². The highest BCUT2D eigenvalue weighted by Crippen LogP contribution is 2.25. The van der Waals surface area contributed by atoms with Crippen LogP contribution >= 0.6 is 0 Å². The maximum absolute atomic E-state index is 12.8. The average Bonchev–Trinajstić information content (AvgIpc) is 2.69. The summed E-state index contributed by atoms with van der Waals surface area (Å²) in [6.07, 6.45) is 2.75. The van der Waals surface area contributed by atoms with Gasteiger partial charge in [-0.2, -0.15) is 4.31 Å². The second-order valence-electron chi connectivity index (χ2n) is 7.25. The van der Waals surface area contributed by atoms with Gasteiger partial charge in [0.2, 0.25) is 15.9 Å². The molecular formula is C20H30N2O5S. The van der Waals surface area contributed by atoms with E-state index in [0.29, 0.717) is 56.6 Å². The van der Waals surface area contributed by atoms with Gasteiger partial charge in [0.1, 0.15) is 0 Å². The number of aryl methyl sites for hydroxylation is 2. The van der Waals surface area contributed by atoms with Crippen molar-refractivity contribution in [2.75, 3.05) is 26.7 Å². The summed E-state index contributed by atoms with van der Waals surface area (Å²) >= 11 is 0. The van der Waals surface area contributed by atoms with Crippen molar-refractivity contribution in [3.05, 3.63) is 29.3 Å². The Balaban J connectivity index is 1.80. The number of piperidine rings is 1. The molecule has 0 aromatic heterocycles. The Morgan fingerprint density at radius 1 is 1.14 bits per heavy atom. The molecule has 156 valence electrons. The quantitative estimate of drug-likeness (QED) is 0.524. The van der Waals surface area contributed by atoms with Crippen molar-refractivity contribution in [3.63, 3.8) is 0 Å². The van der Waals surface area contributed by atoms with Crippen molar-refractivity contribution in [1.29, 1.82) is 0 Å². The Hall–Kier alpha value is -1.93. The lowest BCUT2D eigenvalue weighted by molar-refractivity contribution is -0.140. The van der Waals surface area contributed by atoms with Crippen LogP contribution in [0.5, 0.6) is 0 Å². The van der Waals surface area contributed by atoms with Crippen LogP contribution in [-0.2, 0) is 24.3 Å². The van der Waals surface area contributed by atoms with Crippen LogP contribution in [0.15, 0.2) is 23.1 Å². The minimum Gasteiger partial charge on any atom is -0.469 e. The molecule has 0 unspecified atom stereocenters. The van der Waals surface area contributed by atoms with Crippen LogP contribution in [0.4, 0.5) is 0 Å². The number of hydrogen-bond donors (Lipinski definition) is 1. The smallest absolute Gasteiger partial charge is 0.305 e. The summed E-state index contributed by atoms with van der Waals surface area (Å²) in [5, 5.41) is 2.88. The Morgan fingerprint density at radius 2 is 1.82 bits per heavy atom. The molecule has 1 fully saturated rings. The molecule has 0 aliphatic carbocycles. The van der Waals surface area contributed by atoms with E-state index in [1.165, 1.54) is 11.4 Å². The zero-order chi connectivity index (χ0) is 20.7.